The van der Waals surface area contributed by atoms with Gasteiger partial charge in [-0.2, -0.15) is 0 Å². The minimum atomic E-state index is -0.785. The van der Waals surface area contributed by atoms with E-state index in [9.17, 15) is 9.59 Å². The zero-order valence-corrected chi connectivity index (χ0v) is 12.8. The van der Waals surface area contributed by atoms with Crippen molar-refractivity contribution in [3.8, 4) is 0 Å². The Morgan fingerprint density at radius 2 is 1.90 bits per heavy atom. The Bertz CT molecular complexity index is 553. The number of carbonyl (C=O) groups excluding carboxylic acids is 1. The molecule has 4 heteroatoms. The average molecular weight is 289 g/mol. The van der Waals surface area contributed by atoms with Crippen LogP contribution in [0.5, 0.6) is 0 Å². The molecule has 0 heterocycles. The van der Waals surface area contributed by atoms with E-state index >= 15 is 0 Å². The van der Waals surface area contributed by atoms with Gasteiger partial charge in [0.1, 0.15) is 0 Å². The van der Waals surface area contributed by atoms with Crippen molar-refractivity contribution in [3.05, 3.63) is 34.9 Å². The predicted octanol–water partition coefficient (Wildman–Crippen LogP) is 2.98. The molecular weight excluding hydrogens is 266 g/mol. The first-order valence-electron chi connectivity index (χ1n) is 7.48. The van der Waals surface area contributed by atoms with Crippen LogP contribution in [0.15, 0.2) is 18.2 Å². The number of amides is 1. The molecule has 0 saturated heterocycles. The number of benzene rings is 1. The van der Waals surface area contributed by atoms with Crippen molar-refractivity contribution >= 4 is 11.9 Å². The predicted molar refractivity (Wildman–Crippen MR) is 80.9 cm³/mol. The second-order valence-corrected chi connectivity index (χ2v) is 6.14. The van der Waals surface area contributed by atoms with Gasteiger partial charge in [-0.05, 0) is 51.2 Å². The highest BCUT2D eigenvalue weighted by atomic mass is 16.4. The van der Waals surface area contributed by atoms with Crippen LogP contribution in [-0.2, 0) is 9.59 Å². The Morgan fingerprint density at radius 1 is 1.24 bits per heavy atom. The molecule has 0 radical (unpaired) electrons. The summed E-state index contributed by atoms with van der Waals surface area (Å²) in [5.41, 5.74) is 3.48. The van der Waals surface area contributed by atoms with E-state index in [1.807, 2.05) is 32.9 Å². The fourth-order valence-corrected chi connectivity index (χ4v) is 3.16. The summed E-state index contributed by atoms with van der Waals surface area (Å²) in [5.74, 6) is -1.34. The molecule has 0 aromatic heterocycles. The number of carbonyl (C=O) groups is 2. The van der Waals surface area contributed by atoms with Crippen LogP contribution in [0.25, 0.3) is 0 Å². The summed E-state index contributed by atoms with van der Waals surface area (Å²) in [7, 11) is 0. The third-order valence-electron chi connectivity index (χ3n) is 4.40. The van der Waals surface area contributed by atoms with Gasteiger partial charge in [-0.1, -0.05) is 23.8 Å². The summed E-state index contributed by atoms with van der Waals surface area (Å²) in [5, 5.41) is 12.0. The Hall–Kier alpha value is -1.84. The van der Waals surface area contributed by atoms with Crippen LogP contribution < -0.4 is 5.32 Å². The van der Waals surface area contributed by atoms with Crippen molar-refractivity contribution in [2.45, 2.75) is 46.1 Å². The number of rotatable bonds is 4. The fraction of sp³-hybridized carbons (Fsp3) is 0.529. The lowest BCUT2D eigenvalue weighted by molar-refractivity contribution is -0.141. The Labute approximate surface area is 125 Å². The minimum Gasteiger partial charge on any atom is -0.481 e. The van der Waals surface area contributed by atoms with Crippen molar-refractivity contribution < 1.29 is 14.7 Å². The van der Waals surface area contributed by atoms with Gasteiger partial charge in [-0.3, -0.25) is 9.59 Å². The number of hydrogen-bond donors (Lipinski definition) is 2. The molecule has 3 unspecified atom stereocenters. The van der Waals surface area contributed by atoms with Gasteiger partial charge < -0.3 is 10.4 Å². The normalized spacial score (nSPS) is 22.8. The van der Waals surface area contributed by atoms with Crippen molar-refractivity contribution in [1.82, 2.24) is 5.32 Å². The molecule has 1 saturated carbocycles. The number of carboxylic acid groups (broad SMARTS) is 1. The summed E-state index contributed by atoms with van der Waals surface area (Å²) >= 11 is 0. The van der Waals surface area contributed by atoms with Crippen LogP contribution in [-0.4, -0.2) is 17.0 Å². The third-order valence-corrected chi connectivity index (χ3v) is 4.40. The molecule has 3 atom stereocenters. The zero-order valence-electron chi connectivity index (χ0n) is 12.8. The van der Waals surface area contributed by atoms with E-state index in [0.29, 0.717) is 19.3 Å². The average Bonchev–Trinajstić information content (AvgIpc) is 2.88. The maximum atomic E-state index is 12.3. The van der Waals surface area contributed by atoms with Crippen LogP contribution in [0, 0.1) is 25.7 Å². The first kappa shape index (κ1) is 15.5. The smallest absolute Gasteiger partial charge is 0.306 e. The lowest BCUT2D eigenvalue weighted by Crippen LogP contribution is -2.32. The molecule has 114 valence electrons. The molecule has 0 aliphatic heterocycles. The van der Waals surface area contributed by atoms with Crippen LogP contribution >= 0.6 is 0 Å². The van der Waals surface area contributed by atoms with Gasteiger partial charge in [0.2, 0.25) is 5.91 Å². The SMILES string of the molecule is Cc1ccc(C(C)NC(=O)C2CCC(C(=O)O)C2)c(C)c1. The molecular formula is C17H23NO3. The molecule has 4 nitrogen and oxygen atoms in total. The van der Waals surface area contributed by atoms with Crippen molar-refractivity contribution in [2.24, 2.45) is 11.8 Å². The van der Waals surface area contributed by atoms with Crippen LogP contribution in [0.3, 0.4) is 0 Å². The van der Waals surface area contributed by atoms with Gasteiger partial charge in [0.05, 0.1) is 12.0 Å². The van der Waals surface area contributed by atoms with E-state index in [1.54, 1.807) is 0 Å². The Morgan fingerprint density at radius 3 is 2.48 bits per heavy atom. The second-order valence-electron chi connectivity index (χ2n) is 6.14. The van der Waals surface area contributed by atoms with E-state index in [-0.39, 0.29) is 23.8 Å². The number of nitrogens with one attached hydrogen (secondary N) is 1. The number of hydrogen-bond acceptors (Lipinski definition) is 2. The van der Waals surface area contributed by atoms with Crippen LogP contribution in [0.1, 0.15) is 48.9 Å². The summed E-state index contributed by atoms with van der Waals surface area (Å²) in [6, 6.07) is 6.14. The first-order chi connectivity index (χ1) is 9.88. The summed E-state index contributed by atoms with van der Waals surface area (Å²) < 4.78 is 0. The van der Waals surface area contributed by atoms with Gasteiger partial charge >= 0.3 is 5.97 Å². The highest BCUT2D eigenvalue weighted by Gasteiger charge is 2.34. The fourth-order valence-electron chi connectivity index (χ4n) is 3.16. The largest absolute Gasteiger partial charge is 0.481 e. The van der Waals surface area contributed by atoms with E-state index in [4.69, 9.17) is 5.11 Å². The summed E-state index contributed by atoms with van der Waals surface area (Å²) in [6.45, 7) is 6.06. The first-order valence-corrected chi connectivity index (χ1v) is 7.48. The zero-order chi connectivity index (χ0) is 15.6. The maximum Gasteiger partial charge on any atom is 0.306 e. The molecule has 0 spiro atoms. The van der Waals surface area contributed by atoms with Crippen LogP contribution in [0.4, 0.5) is 0 Å². The van der Waals surface area contributed by atoms with E-state index in [2.05, 4.69) is 11.4 Å². The van der Waals surface area contributed by atoms with Crippen molar-refractivity contribution in [2.75, 3.05) is 0 Å². The lowest BCUT2D eigenvalue weighted by Gasteiger charge is -2.19. The topological polar surface area (TPSA) is 66.4 Å². The second kappa shape index (κ2) is 6.29. The van der Waals surface area contributed by atoms with Crippen molar-refractivity contribution in [1.29, 1.82) is 0 Å². The maximum absolute atomic E-state index is 12.3. The van der Waals surface area contributed by atoms with E-state index in [0.717, 1.165) is 11.1 Å². The van der Waals surface area contributed by atoms with E-state index < -0.39 is 5.97 Å². The molecule has 1 amide bonds. The third kappa shape index (κ3) is 3.63. The Kier molecular flexibility index (Phi) is 4.66. The number of carboxylic acids is 1. The van der Waals surface area contributed by atoms with Gasteiger partial charge in [0, 0.05) is 5.92 Å². The van der Waals surface area contributed by atoms with Gasteiger partial charge in [-0.25, -0.2) is 0 Å². The molecule has 2 rings (SSSR count). The molecule has 1 fully saturated rings. The molecule has 0 bridgehead atoms. The minimum absolute atomic E-state index is 0.0220. The number of aryl methyl sites for hydroxylation is 2. The monoisotopic (exact) mass is 289 g/mol. The van der Waals surface area contributed by atoms with Gasteiger partial charge in [0.25, 0.3) is 0 Å². The van der Waals surface area contributed by atoms with Crippen molar-refractivity contribution in [3.63, 3.8) is 0 Å². The molecule has 2 N–H and O–H groups in total. The highest BCUT2D eigenvalue weighted by Crippen LogP contribution is 2.31. The quantitative estimate of drug-likeness (QED) is 0.895. The standard InChI is InChI=1S/C17H23NO3/c1-10-4-7-15(11(2)8-10)12(3)18-16(19)13-5-6-14(9-13)17(20)21/h4,7-8,12-14H,5-6,9H2,1-3H3,(H,18,19)(H,20,21). The molecule has 1 aromatic carbocycles. The van der Waals surface area contributed by atoms with Crippen LogP contribution in [0.2, 0.25) is 0 Å². The molecule has 21 heavy (non-hydrogen) atoms. The van der Waals surface area contributed by atoms with Gasteiger partial charge in [-0.15, -0.1) is 0 Å². The molecule has 1 aliphatic carbocycles. The molecule has 1 aliphatic rings. The van der Waals surface area contributed by atoms with Gasteiger partial charge in [0.15, 0.2) is 0 Å². The van der Waals surface area contributed by atoms with E-state index in [1.165, 1.54) is 5.56 Å². The molecule has 1 aromatic rings. The highest BCUT2D eigenvalue weighted by molar-refractivity contribution is 5.81. The Balaban J connectivity index is 1.98. The lowest BCUT2D eigenvalue weighted by atomic mass is 9.99. The summed E-state index contributed by atoms with van der Waals surface area (Å²) in [6.07, 6.45) is 1.73. The summed E-state index contributed by atoms with van der Waals surface area (Å²) in [4.78, 5) is 23.2. The number of aliphatic carboxylic acids is 1.